The van der Waals surface area contributed by atoms with Crippen molar-refractivity contribution in [3.63, 3.8) is 0 Å². The highest BCUT2D eigenvalue weighted by molar-refractivity contribution is 6.33. The molecule has 2 aromatic heterocycles. The van der Waals surface area contributed by atoms with Crippen LogP contribution in [0.5, 0.6) is 0 Å². The van der Waals surface area contributed by atoms with Crippen LogP contribution in [0.1, 0.15) is 52.5 Å². The van der Waals surface area contributed by atoms with Crippen molar-refractivity contribution >= 4 is 22.6 Å². The summed E-state index contributed by atoms with van der Waals surface area (Å²) < 4.78 is 37.8. The number of ether oxygens (including phenoxy) is 1. The highest BCUT2D eigenvalue weighted by Gasteiger charge is 2.56. The summed E-state index contributed by atoms with van der Waals surface area (Å²) in [5.74, 6) is -3.80. The van der Waals surface area contributed by atoms with Crippen molar-refractivity contribution in [3.8, 4) is 0 Å². The van der Waals surface area contributed by atoms with E-state index in [2.05, 4.69) is 38.3 Å². The van der Waals surface area contributed by atoms with Crippen LogP contribution in [0.4, 0.5) is 8.78 Å². The van der Waals surface area contributed by atoms with E-state index in [-0.39, 0.29) is 36.9 Å². The third-order valence-electron chi connectivity index (χ3n) is 8.48. The summed E-state index contributed by atoms with van der Waals surface area (Å²) in [5, 5.41) is 11.7. The molecule has 3 fully saturated rings. The molecule has 0 bridgehead atoms. The quantitative estimate of drug-likeness (QED) is 0.479. The number of alkyl halides is 2. The van der Waals surface area contributed by atoms with Crippen molar-refractivity contribution in [2.75, 3.05) is 33.2 Å². The van der Waals surface area contributed by atoms with Crippen LogP contribution in [0.3, 0.4) is 0 Å². The van der Waals surface area contributed by atoms with Crippen LogP contribution in [0.15, 0.2) is 18.6 Å². The summed E-state index contributed by atoms with van der Waals surface area (Å²) in [4.78, 5) is 12.8. The molecule has 10 heteroatoms. The summed E-state index contributed by atoms with van der Waals surface area (Å²) in [6, 6.07) is 1.78. The number of halogens is 3. The lowest BCUT2D eigenvalue weighted by molar-refractivity contribution is -0.219. The van der Waals surface area contributed by atoms with E-state index in [0.29, 0.717) is 17.3 Å². The maximum absolute atomic E-state index is 14.8. The molecule has 1 N–H and O–H groups in total. The zero-order valence-electron chi connectivity index (χ0n) is 20.9. The van der Waals surface area contributed by atoms with Gasteiger partial charge >= 0.3 is 0 Å². The zero-order chi connectivity index (χ0) is 25.2. The van der Waals surface area contributed by atoms with E-state index >= 15 is 0 Å². The van der Waals surface area contributed by atoms with Crippen molar-refractivity contribution in [1.82, 2.24) is 24.3 Å². The average molecular weight is 512 g/mol. The Balaban J connectivity index is 1.44. The second kappa shape index (κ2) is 8.87. The number of hydrogen-bond donors (Lipinski definition) is 1. The van der Waals surface area contributed by atoms with Gasteiger partial charge in [0.15, 0.2) is 5.79 Å². The van der Waals surface area contributed by atoms with E-state index in [9.17, 15) is 13.9 Å². The Morgan fingerprint density at radius 1 is 1.26 bits per heavy atom. The molecule has 194 valence electrons. The Hall–Kier alpha value is -1.39. The van der Waals surface area contributed by atoms with Crippen molar-refractivity contribution in [3.05, 3.63) is 23.7 Å². The SMILES string of the molecule is C[C@@H]1[C@@H](CN2CC(F)(F)CC23CCN(C)CC3)C[C@@H](n2ccc3c(Cl)ncnc32)[C@@H]1OC(C)(C)O. The first-order valence-corrected chi connectivity index (χ1v) is 12.9. The highest BCUT2D eigenvalue weighted by Crippen LogP contribution is 2.49. The third kappa shape index (κ3) is 4.82. The second-order valence-corrected chi connectivity index (χ2v) is 11.9. The molecule has 35 heavy (non-hydrogen) atoms. The molecule has 4 heterocycles. The zero-order valence-corrected chi connectivity index (χ0v) is 21.7. The van der Waals surface area contributed by atoms with Crippen LogP contribution < -0.4 is 0 Å². The number of piperidine rings is 1. The molecular formula is C25H36ClF2N5O2. The minimum atomic E-state index is -2.66. The van der Waals surface area contributed by atoms with E-state index in [1.165, 1.54) is 6.33 Å². The first kappa shape index (κ1) is 25.3. The highest BCUT2D eigenvalue weighted by atomic mass is 35.5. The lowest BCUT2D eigenvalue weighted by atomic mass is 9.83. The molecule has 1 saturated carbocycles. The number of aliphatic hydroxyl groups is 1. The summed E-state index contributed by atoms with van der Waals surface area (Å²) >= 11 is 6.29. The fourth-order valence-corrected chi connectivity index (χ4v) is 6.87. The van der Waals surface area contributed by atoms with Gasteiger partial charge in [-0.3, -0.25) is 4.90 Å². The van der Waals surface area contributed by atoms with Gasteiger partial charge < -0.3 is 19.3 Å². The van der Waals surface area contributed by atoms with E-state index in [1.54, 1.807) is 13.8 Å². The second-order valence-electron chi connectivity index (χ2n) is 11.5. The monoisotopic (exact) mass is 511 g/mol. The molecule has 1 aliphatic carbocycles. The van der Waals surface area contributed by atoms with Crippen LogP contribution in [0.25, 0.3) is 11.0 Å². The molecule has 7 nitrogen and oxygen atoms in total. The molecule has 5 rings (SSSR count). The van der Waals surface area contributed by atoms with Gasteiger partial charge in [0, 0.05) is 24.7 Å². The van der Waals surface area contributed by atoms with Gasteiger partial charge in [0.25, 0.3) is 5.92 Å². The maximum atomic E-state index is 14.8. The summed E-state index contributed by atoms with van der Waals surface area (Å²) in [5.41, 5.74) is 0.271. The number of nitrogens with zero attached hydrogens (tertiary/aromatic N) is 5. The van der Waals surface area contributed by atoms with Gasteiger partial charge in [0.2, 0.25) is 0 Å². The summed E-state index contributed by atoms with van der Waals surface area (Å²) in [6.45, 7) is 7.47. The number of aromatic nitrogens is 3. The fraction of sp³-hybridized carbons (Fsp3) is 0.760. The van der Waals surface area contributed by atoms with Crippen molar-refractivity contribution < 1.29 is 18.6 Å². The molecule has 3 aliphatic rings. The van der Waals surface area contributed by atoms with Gasteiger partial charge in [0.05, 0.1) is 24.1 Å². The third-order valence-corrected chi connectivity index (χ3v) is 8.78. The lowest BCUT2D eigenvalue weighted by Gasteiger charge is -2.45. The minimum absolute atomic E-state index is 0.0544. The van der Waals surface area contributed by atoms with Gasteiger partial charge in [-0.2, -0.15) is 0 Å². The van der Waals surface area contributed by atoms with E-state index in [0.717, 1.165) is 37.7 Å². The molecule has 2 saturated heterocycles. The average Bonchev–Trinajstić information content (AvgIpc) is 3.38. The molecule has 0 aromatic carbocycles. The van der Waals surface area contributed by atoms with Crippen LogP contribution in [-0.4, -0.2) is 86.0 Å². The number of likely N-dealkylation sites (tertiary alicyclic amines) is 2. The number of fused-ring (bicyclic) bond motifs is 1. The molecule has 2 aliphatic heterocycles. The molecule has 1 spiro atoms. The Labute approximate surface area is 210 Å². The maximum Gasteiger partial charge on any atom is 0.262 e. The standard InChI is InChI=1S/C25H36ClF2N5O2/c1-16-17(12-32-14-25(27,28)13-24(32)6-9-31(4)10-7-24)11-19(20(16)35-23(2,3)34)33-8-5-18-21(26)29-15-30-22(18)33/h5,8,15-17,19-20,34H,6-7,9-14H2,1-4H3/t16-,17-,19-,20-/m1/s1. The summed E-state index contributed by atoms with van der Waals surface area (Å²) in [7, 11) is 2.06. The lowest BCUT2D eigenvalue weighted by Crippen LogP contribution is -2.52. The number of hydrogen-bond acceptors (Lipinski definition) is 6. The van der Waals surface area contributed by atoms with Crippen molar-refractivity contribution in [2.24, 2.45) is 11.8 Å². The first-order chi connectivity index (χ1) is 16.4. The molecule has 0 amide bonds. The predicted molar refractivity (Wildman–Crippen MR) is 131 cm³/mol. The Kier molecular flexibility index (Phi) is 6.40. The molecule has 0 unspecified atom stereocenters. The van der Waals surface area contributed by atoms with Gasteiger partial charge in [0.1, 0.15) is 17.1 Å². The smallest absolute Gasteiger partial charge is 0.262 e. The Bertz CT molecular complexity index is 1070. The van der Waals surface area contributed by atoms with Crippen LogP contribution in [-0.2, 0) is 4.74 Å². The molecule has 2 aromatic rings. The van der Waals surface area contributed by atoms with Crippen LogP contribution in [0.2, 0.25) is 5.15 Å². The normalized spacial score (nSPS) is 31.7. The van der Waals surface area contributed by atoms with Crippen molar-refractivity contribution in [2.45, 2.75) is 75.8 Å². The topological polar surface area (TPSA) is 66.7 Å². The van der Waals surface area contributed by atoms with E-state index in [1.807, 2.05) is 12.3 Å². The van der Waals surface area contributed by atoms with Gasteiger partial charge in [-0.25, -0.2) is 18.7 Å². The minimum Gasteiger partial charge on any atom is -0.366 e. The molecule has 0 radical (unpaired) electrons. The van der Waals surface area contributed by atoms with Gasteiger partial charge in [-0.05, 0) is 71.1 Å². The fourth-order valence-electron chi connectivity index (χ4n) is 6.68. The largest absolute Gasteiger partial charge is 0.366 e. The number of rotatable bonds is 5. The van der Waals surface area contributed by atoms with Gasteiger partial charge in [-0.1, -0.05) is 18.5 Å². The van der Waals surface area contributed by atoms with E-state index < -0.39 is 17.2 Å². The van der Waals surface area contributed by atoms with E-state index in [4.69, 9.17) is 16.3 Å². The summed E-state index contributed by atoms with van der Waals surface area (Å²) in [6.07, 6.45) is 5.30. The van der Waals surface area contributed by atoms with Gasteiger partial charge in [-0.15, -0.1) is 0 Å². The Morgan fingerprint density at radius 2 is 1.97 bits per heavy atom. The molecular weight excluding hydrogens is 476 g/mol. The van der Waals surface area contributed by atoms with Crippen LogP contribution in [0, 0.1) is 11.8 Å². The predicted octanol–water partition coefficient (Wildman–Crippen LogP) is 4.20. The van der Waals surface area contributed by atoms with Crippen molar-refractivity contribution in [1.29, 1.82) is 0 Å². The Morgan fingerprint density at radius 3 is 2.66 bits per heavy atom. The first-order valence-electron chi connectivity index (χ1n) is 12.6. The molecule has 4 atom stereocenters. The van der Waals surface area contributed by atoms with Crippen LogP contribution >= 0.6 is 11.6 Å².